The van der Waals surface area contributed by atoms with Gasteiger partial charge in [0.05, 0.1) is 0 Å². The Labute approximate surface area is 235 Å². The van der Waals surface area contributed by atoms with Gasteiger partial charge in [0.1, 0.15) is 0 Å². The quantitative estimate of drug-likeness (QED) is 0.157. The number of aromatic nitrogens is 2. The maximum absolute atomic E-state index is 2.31. The molecule has 0 saturated heterocycles. The first kappa shape index (κ1) is 24.0. The van der Waals surface area contributed by atoms with Gasteiger partial charge in [-0.2, -0.15) is 0 Å². The van der Waals surface area contributed by atoms with E-state index in [2.05, 4.69) is 167 Å². The number of hydrogen-bond donors (Lipinski definition) is 0. The molecule has 0 aliphatic carbocycles. The molecule has 0 bridgehead atoms. The van der Waals surface area contributed by atoms with E-state index in [1.54, 1.807) is 0 Å². The highest BCUT2D eigenvalue weighted by molar-refractivity contribution is 6.01. The lowest BCUT2D eigenvalue weighted by atomic mass is 9.97. The zero-order chi connectivity index (χ0) is 26.7. The summed E-state index contributed by atoms with van der Waals surface area (Å²) in [5.41, 5.74) is 7.55. The summed E-state index contributed by atoms with van der Waals surface area (Å²) in [5.74, 6) is 0. The molecule has 2 heteroatoms. The second-order valence-corrected chi connectivity index (χ2v) is 10.5. The first-order chi connectivity index (χ1) is 19.8. The molecule has 7 aromatic rings. The summed E-state index contributed by atoms with van der Waals surface area (Å²) in [5, 5.41) is 5.05. The molecule has 0 spiro atoms. The molecule has 0 aliphatic heterocycles. The van der Waals surface area contributed by atoms with Crippen molar-refractivity contribution in [1.29, 1.82) is 0 Å². The summed E-state index contributed by atoms with van der Waals surface area (Å²) >= 11 is 0. The smallest absolute Gasteiger partial charge is 0.173 e. The van der Waals surface area contributed by atoms with Gasteiger partial charge >= 0.3 is 0 Å². The van der Waals surface area contributed by atoms with E-state index in [4.69, 9.17) is 0 Å². The predicted molar refractivity (Wildman–Crippen MR) is 164 cm³/mol. The first-order valence-corrected chi connectivity index (χ1v) is 13.8. The van der Waals surface area contributed by atoms with Crippen molar-refractivity contribution in [2.24, 2.45) is 0 Å². The van der Waals surface area contributed by atoms with Crippen LogP contribution >= 0.6 is 0 Å². The summed E-state index contributed by atoms with van der Waals surface area (Å²) in [6.45, 7) is 1.76. The van der Waals surface area contributed by atoms with E-state index >= 15 is 0 Å². The molecule has 0 amide bonds. The van der Waals surface area contributed by atoms with Crippen LogP contribution in [0.15, 0.2) is 158 Å². The van der Waals surface area contributed by atoms with Crippen LogP contribution in [0, 0.1) is 0 Å². The zero-order valence-corrected chi connectivity index (χ0v) is 22.3. The normalized spacial score (nSPS) is 11.2. The van der Waals surface area contributed by atoms with E-state index in [9.17, 15) is 0 Å². The summed E-state index contributed by atoms with van der Waals surface area (Å²) in [6, 6.07) is 48.2. The summed E-state index contributed by atoms with van der Waals surface area (Å²) < 4.78 is 4.45. The molecule has 5 aromatic carbocycles. The van der Waals surface area contributed by atoms with E-state index < -0.39 is 0 Å². The fraction of sp³-hybridized carbons (Fsp3) is 0.0526. The molecule has 190 valence electrons. The summed E-state index contributed by atoms with van der Waals surface area (Å²) in [6.07, 6.45) is 8.67. The minimum Gasteiger partial charge on any atom is -0.201 e. The zero-order valence-electron chi connectivity index (χ0n) is 22.3. The number of rotatable bonds is 6. The Morgan fingerprint density at radius 1 is 0.325 bits per heavy atom. The third kappa shape index (κ3) is 5.12. The van der Waals surface area contributed by atoms with E-state index in [0.29, 0.717) is 0 Å². The number of nitrogens with zero attached hydrogens (tertiary/aromatic N) is 2. The van der Waals surface area contributed by atoms with Gasteiger partial charge in [0.25, 0.3) is 0 Å². The van der Waals surface area contributed by atoms with Gasteiger partial charge in [-0.05, 0) is 68.1 Å². The molecule has 0 fully saturated rings. The van der Waals surface area contributed by atoms with Crippen LogP contribution in [0.5, 0.6) is 0 Å². The Morgan fingerprint density at radius 2 is 0.725 bits per heavy atom. The van der Waals surface area contributed by atoms with Crippen molar-refractivity contribution in [3.63, 3.8) is 0 Å². The van der Waals surface area contributed by atoms with Crippen molar-refractivity contribution < 1.29 is 9.13 Å². The fourth-order valence-electron chi connectivity index (χ4n) is 5.46. The highest BCUT2D eigenvalue weighted by Gasteiger charge is 2.08. The number of hydrogen-bond acceptors (Lipinski definition) is 0. The number of benzene rings is 5. The lowest BCUT2D eigenvalue weighted by molar-refractivity contribution is -0.688. The van der Waals surface area contributed by atoms with E-state index in [1.165, 1.54) is 54.9 Å². The van der Waals surface area contributed by atoms with Crippen LogP contribution in [0.3, 0.4) is 0 Å². The van der Waals surface area contributed by atoms with Crippen molar-refractivity contribution in [1.82, 2.24) is 0 Å². The van der Waals surface area contributed by atoms with E-state index in [1.807, 2.05) is 0 Å². The largest absolute Gasteiger partial charge is 0.201 e. The third-order valence-electron chi connectivity index (χ3n) is 7.66. The highest BCUT2D eigenvalue weighted by atomic mass is 14.9. The Balaban J connectivity index is 1.13. The molecule has 0 unspecified atom stereocenters. The first-order valence-electron chi connectivity index (χ1n) is 13.8. The standard InChI is InChI=1S/C38H30N2/c1-3-7-29(8-4-1)27-39-19-15-31(16-20-39)33-11-13-35-26-38-24-34(12-14-36(38)25-37(35)23-33)32-17-21-40(22-18-32)28-30-9-5-2-6-10-30/h1-26H,27-28H2/q+2. The van der Waals surface area contributed by atoms with Gasteiger partial charge < -0.3 is 0 Å². The Kier molecular flexibility index (Phi) is 6.35. The fourth-order valence-corrected chi connectivity index (χ4v) is 5.46. The molecule has 0 radical (unpaired) electrons. The number of pyridine rings is 2. The van der Waals surface area contributed by atoms with Gasteiger partial charge in [0.2, 0.25) is 0 Å². The third-order valence-corrected chi connectivity index (χ3v) is 7.66. The molecule has 0 aliphatic rings. The van der Waals surface area contributed by atoms with E-state index in [-0.39, 0.29) is 0 Å². The van der Waals surface area contributed by atoms with Crippen LogP contribution in [0.1, 0.15) is 11.1 Å². The van der Waals surface area contributed by atoms with Crippen LogP contribution in [-0.2, 0) is 13.1 Å². The summed E-state index contributed by atoms with van der Waals surface area (Å²) in [7, 11) is 0. The van der Waals surface area contributed by atoms with Crippen molar-refractivity contribution in [3.05, 3.63) is 169 Å². The monoisotopic (exact) mass is 514 g/mol. The average Bonchev–Trinajstić information content (AvgIpc) is 3.01. The predicted octanol–water partition coefficient (Wildman–Crippen LogP) is 8.00. The number of fused-ring (bicyclic) bond motifs is 2. The molecule has 0 N–H and O–H groups in total. The molecule has 40 heavy (non-hydrogen) atoms. The molecule has 7 rings (SSSR count). The molecule has 2 nitrogen and oxygen atoms in total. The summed E-state index contributed by atoms with van der Waals surface area (Å²) in [4.78, 5) is 0. The van der Waals surface area contributed by atoms with Gasteiger partial charge in [-0.25, -0.2) is 9.13 Å². The van der Waals surface area contributed by atoms with Crippen LogP contribution in [-0.4, -0.2) is 0 Å². The Hall–Kier alpha value is -5.08. The lowest BCUT2D eigenvalue weighted by Gasteiger charge is -2.08. The van der Waals surface area contributed by atoms with Crippen LogP contribution in [0.4, 0.5) is 0 Å². The van der Waals surface area contributed by atoms with Crippen molar-refractivity contribution in [2.75, 3.05) is 0 Å². The van der Waals surface area contributed by atoms with Gasteiger partial charge in [-0.1, -0.05) is 84.9 Å². The Bertz CT molecular complexity index is 1760. The second kappa shape index (κ2) is 10.6. The van der Waals surface area contributed by atoms with Crippen molar-refractivity contribution in [3.8, 4) is 22.3 Å². The van der Waals surface area contributed by atoms with Crippen LogP contribution in [0.2, 0.25) is 0 Å². The molecule has 2 aromatic heterocycles. The molecular weight excluding hydrogens is 484 g/mol. The lowest BCUT2D eigenvalue weighted by Crippen LogP contribution is -2.32. The minimum atomic E-state index is 0.878. The van der Waals surface area contributed by atoms with Gasteiger partial charge in [-0.15, -0.1) is 0 Å². The Morgan fingerprint density at radius 3 is 1.12 bits per heavy atom. The maximum atomic E-state index is 2.31. The topological polar surface area (TPSA) is 7.76 Å². The minimum absolute atomic E-state index is 0.878. The maximum Gasteiger partial charge on any atom is 0.173 e. The SMILES string of the molecule is c1ccc(C[n+]2ccc(-c3ccc4cc5cc(-c6cc[n+](Cc7ccccc7)cc6)ccc5cc4c3)cc2)cc1. The molecule has 0 atom stereocenters. The van der Waals surface area contributed by atoms with Gasteiger partial charge in [-0.3, -0.25) is 0 Å². The van der Waals surface area contributed by atoms with Crippen LogP contribution < -0.4 is 9.13 Å². The van der Waals surface area contributed by atoms with E-state index in [0.717, 1.165) is 13.1 Å². The molecule has 2 heterocycles. The van der Waals surface area contributed by atoms with Gasteiger partial charge in [0, 0.05) is 35.4 Å². The second-order valence-electron chi connectivity index (χ2n) is 10.5. The molecule has 0 saturated carbocycles. The van der Waals surface area contributed by atoms with Crippen LogP contribution in [0.25, 0.3) is 43.8 Å². The average molecular weight is 515 g/mol. The van der Waals surface area contributed by atoms with Gasteiger partial charge in [0.15, 0.2) is 37.9 Å². The molecular formula is C38H30N2+2. The van der Waals surface area contributed by atoms with Crippen molar-refractivity contribution in [2.45, 2.75) is 13.1 Å². The van der Waals surface area contributed by atoms with Crippen molar-refractivity contribution >= 4 is 21.5 Å². The highest BCUT2D eigenvalue weighted by Crippen LogP contribution is 2.30.